The lowest BCUT2D eigenvalue weighted by Gasteiger charge is -2.28. The van der Waals surface area contributed by atoms with Crippen LogP contribution < -0.4 is 15.1 Å². The lowest BCUT2D eigenvalue weighted by molar-refractivity contribution is 0.147. The molecule has 1 atom stereocenters. The van der Waals surface area contributed by atoms with Gasteiger partial charge in [0.05, 0.1) is 31.0 Å². The Morgan fingerprint density at radius 3 is 2.93 bits per heavy atom. The molecule has 1 amide bonds. The first-order chi connectivity index (χ1) is 13.1. The molecule has 142 valence electrons. The van der Waals surface area contributed by atoms with Crippen LogP contribution in [0.3, 0.4) is 0 Å². The van der Waals surface area contributed by atoms with Crippen LogP contribution in [0.25, 0.3) is 0 Å². The van der Waals surface area contributed by atoms with Gasteiger partial charge in [-0.3, -0.25) is 9.91 Å². The Hall–Kier alpha value is -3.30. The van der Waals surface area contributed by atoms with E-state index in [1.54, 1.807) is 34.4 Å². The van der Waals surface area contributed by atoms with Gasteiger partial charge in [-0.25, -0.2) is 9.18 Å². The average Bonchev–Trinajstić information content (AvgIpc) is 3.30. The number of carbonyl (C=O) groups is 1. The molecule has 2 aliphatic rings. The first kappa shape index (κ1) is 17.1. The van der Waals surface area contributed by atoms with Crippen LogP contribution in [0.2, 0.25) is 0 Å². The Labute approximate surface area is 154 Å². The van der Waals surface area contributed by atoms with Crippen molar-refractivity contribution < 1.29 is 18.4 Å². The van der Waals surface area contributed by atoms with Crippen LogP contribution >= 0.6 is 0 Å². The smallest absolute Gasteiger partial charge is 0.414 e. The van der Waals surface area contributed by atoms with Crippen molar-refractivity contribution in [1.29, 1.82) is 0 Å². The van der Waals surface area contributed by atoms with Crippen molar-refractivity contribution in [1.82, 2.24) is 10.2 Å². The summed E-state index contributed by atoms with van der Waals surface area (Å²) in [5.74, 6) is 0.147. The van der Waals surface area contributed by atoms with Crippen LogP contribution in [0.5, 0.6) is 0 Å². The molecule has 2 aliphatic heterocycles. The number of aromatic nitrogens is 1. The van der Waals surface area contributed by atoms with E-state index >= 15 is 0 Å². The Morgan fingerprint density at radius 1 is 1.33 bits per heavy atom. The number of ether oxygens (including phenoxy) is 1. The van der Waals surface area contributed by atoms with Crippen LogP contribution in [0.1, 0.15) is 0 Å². The fourth-order valence-electron chi connectivity index (χ4n) is 2.96. The Bertz CT molecular complexity index is 843. The molecule has 1 N–H and O–H groups in total. The van der Waals surface area contributed by atoms with Gasteiger partial charge >= 0.3 is 6.09 Å². The fourth-order valence-corrected chi connectivity index (χ4v) is 2.96. The van der Waals surface area contributed by atoms with E-state index in [0.29, 0.717) is 43.4 Å². The van der Waals surface area contributed by atoms with Crippen molar-refractivity contribution in [3.63, 3.8) is 0 Å². The molecule has 9 nitrogen and oxygen atoms in total. The number of likely N-dealkylation sites (N-methyl/N-ethyl adjacent to an activating group) is 1. The van der Waals surface area contributed by atoms with Gasteiger partial charge in [0.1, 0.15) is 24.5 Å². The lowest BCUT2D eigenvalue weighted by atomic mass is 10.2. The summed E-state index contributed by atoms with van der Waals surface area (Å²) in [6.45, 7) is 2.04. The minimum Gasteiger partial charge on any atom is -0.442 e. The molecule has 1 aromatic heterocycles. The maximum Gasteiger partial charge on any atom is 0.414 e. The van der Waals surface area contributed by atoms with E-state index in [4.69, 9.17) is 9.26 Å². The van der Waals surface area contributed by atoms with E-state index in [9.17, 15) is 9.18 Å². The molecule has 4 rings (SSSR count). The molecule has 0 aliphatic carbocycles. The van der Waals surface area contributed by atoms with Gasteiger partial charge in [0.15, 0.2) is 5.82 Å². The number of nitrogens with one attached hydrogen (secondary N) is 1. The second-order valence-electron chi connectivity index (χ2n) is 6.32. The molecular weight excluding hydrogens is 355 g/mol. The molecule has 0 radical (unpaired) electrons. The van der Waals surface area contributed by atoms with Crippen molar-refractivity contribution in [2.45, 2.75) is 6.10 Å². The van der Waals surface area contributed by atoms with E-state index in [0.717, 1.165) is 0 Å². The van der Waals surface area contributed by atoms with Gasteiger partial charge in [0.25, 0.3) is 0 Å². The molecule has 27 heavy (non-hydrogen) atoms. The van der Waals surface area contributed by atoms with Gasteiger partial charge in [-0.2, -0.15) is 5.10 Å². The Morgan fingerprint density at radius 2 is 2.22 bits per heavy atom. The highest BCUT2D eigenvalue weighted by Crippen LogP contribution is 2.28. The topological polar surface area (TPSA) is 86.4 Å². The maximum absolute atomic E-state index is 14.6. The largest absolute Gasteiger partial charge is 0.442 e. The average molecular weight is 374 g/mol. The van der Waals surface area contributed by atoms with E-state index < -0.39 is 11.9 Å². The normalized spacial score (nSPS) is 19.6. The molecule has 3 heterocycles. The van der Waals surface area contributed by atoms with Gasteiger partial charge in [0, 0.05) is 19.7 Å². The number of amides is 1. The maximum atomic E-state index is 14.6. The molecule has 0 bridgehead atoms. The highest BCUT2D eigenvalue weighted by atomic mass is 19.1. The van der Waals surface area contributed by atoms with Crippen molar-refractivity contribution in [3.05, 3.63) is 36.3 Å². The van der Waals surface area contributed by atoms with Crippen LogP contribution in [-0.4, -0.2) is 61.9 Å². The molecule has 2 aromatic rings. The van der Waals surface area contributed by atoms with Crippen molar-refractivity contribution >= 4 is 29.6 Å². The predicted octanol–water partition coefficient (Wildman–Crippen LogP) is 1.95. The highest BCUT2D eigenvalue weighted by Gasteiger charge is 2.33. The zero-order valence-electron chi connectivity index (χ0n) is 14.7. The second kappa shape index (κ2) is 7.14. The third-order valence-corrected chi connectivity index (χ3v) is 4.43. The van der Waals surface area contributed by atoms with Gasteiger partial charge in [-0.15, -0.1) is 0 Å². The fraction of sp³-hybridized carbons (Fsp3) is 0.353. The molecule has 1 saturated heterocycles. The third kappa shape index (κ3) is 3.64. The summed E-state index contributed by atoms with van der Waals surface area (Å²) in [5, 5.41) is 12.7. The zero-order chi connectivity index (χ0) is 18.8. The number of nitrogens with zero attached hydrogens (tertiary/aromatic N) is 5. The molecule has 1 unspecified atom stereocenters. The van der Waals surface area contributed by atoms with Gasteiger partial charge in [0.2, 0.25) is 0 Å². The van der Waals surface area contributed by atoms with Crippen LogP contribution in [-0.2, 0) is 4.74 Å². The summed E-state index contributed by atoms with van der Waals surface area (Å²) < 4.78 is 24.7. The number of cyclic esters (lactones) is 1. The van der Waals surface area contributed by atoms with Gasteiger partial charge < -0.3 is 19.5 Å². The molecule has 0 saturated carbocycles. The van der Waals surface area contributed by atoms with E-state index in [1.807, 2.05) is 7.05 Å². The standard InChI is InChI=1S/C17H19FN6O3/c1-22-5-6-23(11-20-22)15-3-2-12(8-14(15)18)24-10-13(27-17(24)25)9-19-16-4-7-26-21-16/h2-4,7-8,11,13H,5-6,9-10H2,1H3,(H,19,21). The first-order valence-corrected chi connectivity index (χ1v) is 8.54. The number of carbonyl (C=O) groups excluding carboxylic acids is 1. The van der Waals surface area contributed by atoms with Crippen LogP contribution in [0, 0.1) is 5.82 Å². The summed E-state index contributed by atoms with van der Waals surface area (Å²) in [4.78, 5) is 15.3. The molecule has 0 spiro atoms. The second-order valence-corrected chi connectivity index (χ2v) is 6.32. The number of benzene rings is 1. The minimum atomic E-state index is -0.504. The molecule has 1 fully saturated rings. The SMILES string of the molecule is CN1CCN(c2ccc(N3CC(CNc4ccon4)OC3=O)cc2F)C=N1. The third-order valence-electron chi connectivity index (χ3n) is 4.43. The van der Waals surface area contributed by atoms with E-state index in [-0.39, 0.29) is 6.10 Å². The number of hydrazone groups is 1. The minimum absolute atomic E-state index is 0.318. The highest BCUT2D eigenvalue weighted by molar-refractivity contribution is 5.90. The number of hydrogen-bond donors (Lipinski definition) is 1. The van der Waals surface area contributed by atoms with E-state index in [2.05, 4.69) is 15.6 Å². The zero-order valence-corrected chi connectivity index (χ0v) is 14.7. The number of hydrogen-bond acceptors (Lipinski definition) is 8. The first-order valence-electron chi connectivity index (χ1n) is 8.54. The number of rotatable bonds is 5. The quantitative estimate of drug-likeness (QED) is 0.856. The van der Waals surface area contributed by atoms with Gasteiger partial charge in [-0.05, 0) is 18.2 Å². The number of anilines is 3. The van der Waals surface area contributed by atoms with E-state index in [1.165, 1.54) is 17.2 Å². The van der Waals surface area contributed by atoms with Gasteiger partial charge in [-0.1, -0.05) is 5.16 Å². The summed E-state index contributed by atoms with van der Waals surface area (Å²) in [5.41, 5.74) is 0.878. The van der Waals surface area contributed by atoms with Crippen molar-refractivity contribution in [2.24, 2.45) is 5.10 Å². The number of halogens is 1. The predicted molar refractivity (Wildman–Crippen MR) is 97.5 cm³/mol. The molecule has 1 aromatic carbocycles. The summed E-state index contributed by atoms with van der Waals surface area (Å²) in [6.07, 6.45) is 2.17. The lowest BCUT2D eigenvalue weighted by Crippen LogP contribution is -2.36. The van der Waals surface area contributed by atoms with Crippen molar-refractivity contribution in [3.8, 4) is 0 Å². The summed E-state index contributed by atoms with van der Waals surface area (Å²) in [7, 11) is 1.86. The molecule has 10 heteroatoms. The summed E-state index contributed by atoms with van der Waals surface area (Å²) in [6, 6.07) is 6.37. The van der Waals surface area contributed by atoms with Crippen LogP contribution in [0.4, 0.5) is 26.4 Å². The summed E-state index contributed by atoms with van der Waals surface area (Å²) >= 11 is 0. The Kier molecular flexibility index (Phi) is 4.53. The van der Waals surface area contributed by atoms with Crippen LogP contribution in [0.15, 0.2) is 40.2 Å². The monoisotopic (exact) mass is 374 g/mol. The molecular formula is C17H19FN6O3. The van der Waals surface area contributed by atoms with Crippen molar-refractivity contribution in [2.75, 3.05) is 48.3 Å². The Balaban J connectivity index is 1.43.